The number of carbonyl (C=O) groups is 2. The van der Waals surface area contributed by atoms with E-state index in [2.05, 4.69) is 0 Å². The highest BCUT2D eigenvalue weighted by atomic mass is 32.2. The number of nitrogens with zero attached hydrogens (tertiary/aromatic N) is 1. The van der Waals surface area contributed by atoms with Crippen LogP contribution in [0.5, 0.6) is 11.5 Å². The maximum absolute atomic E-state index is 12.9. The van der Waals surface area contributed by atoms with Gasteiger partial charge in [-0.05, 0) is 42.3 Å². The van der Waals surface area contributed by atoms with Crippen molar-refractivity contribution in [1.29, 1.82) is 0 Å². The van der Waals surface area contributed by atoms with Crippen molar-refractivity contribution < 1.29 is 24.5 Å². The fraction of sp³-hybridized carbons (Fsp3) is 0.105. The van der Waals surface area contributed by atoms with Crippen molar-refractivity contribution in [2.45, 2.75) is 6.92 Å². The average molecular weight is 400 g/mol. The van der Waals surface area contributed by atoms with Crippen LogP contribution in [-0.2, 0) is 4.79 Å². The third-order valence-electron chi connectivity index (χ3n) is 3.98. The Morgan fingerprint density at radius 3 is 2.70 bits per heavy atom. The van der Waals surface area contributed by atoms with E-state index in [-0.39, 0.29) is 23.0 Å². The molecule has 1 aliphatic rings. The van der Waals surface area contributed by atoms with E-state index in [1.54, 1.807) is 31.2 Å². The molecule has 1 fully saturated rings. The summed E-state index contributed by atoms with van der Waals surface area (Å²) in [6, 6.07) is 9.05. The lowest BCUT2D eigenvalue weighted by Crippen LogP contribution is -2.28. The molecule has 138 valence electrons. The molecule has 0 radical (unpaired) electrons. The number of hydrogen-bond acceptors (Lipinski definition) is 6. The Balaban J connectivity index is 1.99. The average Bonchev–Trinajstić information content (AvgIpc) is 2.90. The van der Waals surface area contributed by atoms with Gasteiger partial charge in [-0.2, -0.15) is 0 Å². The van der Waals surface area contributed by atoms with Gasteiger partial charge in [0.1, 0.15) is 5.75 Å². The predicted octanol–water partition coefficient (Wildman–Crippen LogP) is 3.18. The van der Waals surface area contributed by atoms with Crippen LogP contribution >= 0.6 is 24.0 Å². The summed E-state index contributed by atoms with van der Waals surface area (Å²) < 4.78 is 5.32. The number of carboxylic acid groups (broad SMARTS) is 1. The van der Waals surface area contributed by atoms with Crippen molar-refractivity contribution in [1.82, 2.24) is 0 Å². The Hall–Kier alpha value is -2.84. The number of thioether (sulfide) groups is 1. The number of rotatable bonds is 4. The monoisotopic (exact) mass is 400 g/mol. The molecular formula is C19H14NO5S2-. The van der Waals surface area contributed by atoms with Crippen molar-refractivity contribution in [2.24, 2.45) is 0 Å². The number of ether oxygens (including phenoxy) is 1. The van der Waals surface area contributed by atoms with Gasteiger partial charge >= 0.3 is 5.97 Å². The molecule has 0 unspecified atom stereocenters. The topological polar surface area (TPSA) is 89.9 Å². The predicted molar refractivity (Wildman–Crippen MR) is 106 cm³/mol. The zero-order valence-corrected chi connectivity index (χ0v) is 16.0. The molecule has 0 spiro atoms. The molecule has 0 aliphatic carbocycles. The lowest BCUT2D eigenvalue weighted by molar-refractivity contribution is -0.270. The summed E-state index contributed by atoms with van der Waals surface area (Å²) >= 11 is 6.45. The number of methoxy groups -OCH3 is 1. The van der Waals surface area contributed by atoms with E-state index >= 15 is 0 Å². The van der Waals surface area contributed by atoms with Gasteiger partial charge in [0.2, 0.25) is 0 Å². The summed E-state index contributed by atoms with van der Waals surface area (Å²) in [5.74, 6) is -1.49. The molecule has 0 atom stereocenters. The third-order valence-corrected chi connectivity index (χ3v) is 5.28. The van der Waals surface area contributed by atoms with Crippen LogP contribution in [0.1, 0.15) is 21.5 Å². The van der Waals surface area contributed by atoms with Gasteiger partial charge in [-0.25, -0.2) is 4.79 Å². The number of anilines is 1. The molecule has 1 aliphatic heterocycles. The minimum atomic E-state index is -1.08. The minimum Gasteiger partial charge on any atom is -0.870 e. The summed E-state index contributed by atoms with van der Waals surface area (Å²) in [4.78, 5) is 25.8. The van der Waals surface area contributed by atoms with Crippen LogP contribution in [0, 0.1) is 6.92 Å². The number of aryl methyl sites for hydroxylation is 1. The number of amides is 1. The normalized spacial score (nSPS) is 15.5. The molecule has 8 heteroatoms. The van der Waals surface area contributed by atoms with Crippen molar-refractivity contribution >= 4 is 51.9 Å². The van der Waals surface area contributed by atoms with Crippen LogP contribution in [0.2, 0.25) is 0 Å². The van der Waals surface area contributed by atoms with Gasteiger partial charge < -0.3 is 14.9 Å². The molecule has 27 heavy (non-hydrogen) atoms. The number of benzene rings is 2. The molecule has 2 aromatic rings. The number of thiocarbonyl (C=S) groups is 1. The molecule has 0 saturated carbocycles. The van der Waals surface area contributed by atoms with Crippen LogP contribution in [0.15, 0.2) is 41.3 Å². The Bertz CT molecular complexity index is 1000. The van der Waals surface area contributed by atoms with Crippen molar-refractivity contribution in [3.05, 3.63) is 58.0 Å². The molecule has 2 aromatic carbocycles. The second-order valence-corrected chi connectivity index (χ2v) is 7.41. The largest absolute Gasteiger partial charge is 0.870 e. The Kier molecular flexibility index (Phi) is 5.20. The van der Waals surface area contributed by atoms with Crippen molar-refractivity contribution in [3.8, 4) is 11.5 Å². The van der Waals surface area contributed by atoms with E-state index in [0.29, 0.717) is 20.5 Å². The summed E-state index contributed by atoms with van der Waals surface area (Å²) in [7, 11) is 1.40. The highest BCUT2D eigenvalue weighted by molar-refractivity contribution is 8.27. The van der Waals surface area contributed by atoms with E-state index < -0.39 is 5.97 Å². The molecule has 1 saturated heterocycles. The minimum absolute atomic E-state index is 0.0735. The lowest BCUT2D eigenvalue weighted by Gasteiger charge is -2.17. The van der Waals surface area contributed by atoms with Gasteiger partial charge in [0, 0.05) is 0 Å². The van der Waals surface area contributed by atoms with Crippen LogP contribution < -0.4 is 14.7 Å². The highest BCUT2D eigenvalue weighted by Gasteiger charge is 2.34. The molecular weight excluding hydrogens is 386 g/mol. The van der Waals surface area contributed by atoms with Crippen LogP contribution in [0.4, 0.5) is 5.69 Å². The number of hydrogen-bond donors (Lipinski definition) is 1. The van der Waals surface area contributed by atoms with Gasteiger partial charge in [-0.15, -0.1) is 0 Å². The van der Waals surface area contributed by atoms with Gasteiger partial charge in [0.15, 0.2) is 4.32 Å². The van der Waals surface area contributed by atoms with Crippen molar-refractivity contribution in [3.63, 3.8) is 0 Å². The molecule has 1 heterocycles. The summed E-state index contributed by atoms with van der Waals surface area (Å²) in [6.07, 6.45) is 1.62. The second kappa shape index (κ2) is 7.42. The third kappa shape index (κ3) is 3.67. The SMILES string of the molecule is COc1cc(/C=C2\SC(=S)N(c3cc(C(=O)O)ccc3C)C2=O)ccc1[O-]. The fourth-order valence-corrected chi connectivity index (χ4v) is 3.87. The smallest absolute Gasteiger partial charge is 0.335 e. The first kappa shape index (κ1) is 18.9. The second-order valence-electron chi connectivity index (χ2n) is 5.73. The molecule has 3 rings (SSSR count). The zero-order valence-electron chi connectivity index (χ0n) is 14.4. The Morgan fingerprint density at radius 2 is 2.04 bits per heavy atom. The summed E-state index contributed by atoms with van der Waals surface area (Å²) in [5, 5.41) is 20.8. The number of carbonyl (C=O) groups excluding carboxylic acids is 1. The molecule has 1 N–H and O–H groups in total. The van der Waals surface area contributed by atoms with Gasteiger partial charge in [0.05, 0.1) is 23.3 Å². The number of carboxylic acids is 1. The first-order chi connectivity index (χ1) is 12.8. The fourth-order valence-electron chi connectivity index (χ4n) is 2.58. The molecule has 0 bridgehead atoms. The first-order valence-corrected chi connectivity index (χ1v) is 9.01. The van der Waals surface area contributed by atoms with E-state index in [4.69, 9.17) is 17.0 Å². The van der Waals surface area contributed by atoms with Crippen LogP contribution in [0.25, 0.3) is 6.08 Å². The number of aromatic carboxylic acids is 1. The van der Waals surface area contributed by atoms with E-state index in [9.17, 15) is 19.8 Å². The highest BCUT2D eigenvalue weighted by Crippen LogP contribution is 2.38. The molecule has 0 aromatic heterocycles. The Morgan fingerprint density at radius 1 is 1.30 bits per heavy atom. The summed E-state index contributed by atoms with van der Waals surface area (Å²) in [5.41, 5.74) is 1.87. The first-order valence-electron chi connectivity index (χ1n) is 7.78. The van der Waals surface area contributed by atoms with Gasteiger partial charge in [-0.1, -0.05) is 47.9 Å². The standard InChI is InChI=1S/C19H15NO5S2/c1-10-3-5-12(18(23)24)9-13(10)20-17(22)16(27-19(20)26)8-11-4-6-14(21)15(7-11)25-2/h3-9,21H,1-2H3,(H,23,24)/p-1/b16-8-. The van der Waals surface area contributed by atoms with E-state index in [1.165, 1.54) is 30.2 Å². The van der Waals surface area contributed by atoms with Crippen LogP contribution in [-0.4, -0.2) is 28.4 Å². The lowest BCUT2D eigenvalue weighted by atomic mass is 10.1. The summed E-state index contributed by atoms with van der Waals surface area (Å²) in [6.45, 7) is 1.78. The van der Waals surface area contributed by atoms with Crippen LogP contribution in [0.3, 0.4) is 0 Å². The van der Waals surface area contributed by atoms with E-state index in [0.717, 1.165) is 17.3 Å². The zero-order chi connectivity index (χ0) is 19.7. The van der Waals surface area contributed by atoms with Gasteiger partial charge in [0.25, 0.3) is 5.91 Å². The maximum atomic E-state index is 12.9. The maximum Gasteiger partial charge on any atom is 0.335 e. The van der Waals surface area contributed by atoms with Gasteiger partial charge in [-0.3, -0.25) is 9.69 Å². The quantitative estimate of drug-likeness (QED) is 0.623. The molecule has 6 nitrogen and oxygen atoms in total. The molecule has 1 amide bonds. The van der Waals surface area contributed by atoms with Crippen molar-refractivity contribution in [2.75, 3.05) is 12.0 Å². The van der Waals surface area contributed by atoms with E-state index in [1.807, 2.05) is 0 Å². The Labute approximate surface area is 165 Å².